The second-order valence-electron chi connectivity index (χ2n) is 7.18. The highest BCUT2D eigenvalue weighted by Gasteiger charge is 2.27. The van der Waals surface area contributed by atoms with E-state index in [4.69, 9.17) is 0 Å². The molecule has 27 heavy (non-hydrogen) atoms. The predicted molar refractivity (Wildman–Crippen MR) is 102 cm³/mol. The maximum absolute atomic E-state index is 14.0. The maximum Gasteiger partial charge on any atom is 0.251 e. The maximum atomic E-state index is 14.0. The number of halogens is 1. The Hall–Kier alpha value is -2.54. The topological polar surface area (TPSA) is 69.6 Å². The molecule has 1 aromatic carbocycles. The van der Waals surface area contributed by atoms with Crippen molar-refractivity contribution in [2.45, 2.75) is 26.4 Å². The first kappa shape index (κ1) is 19.2. The van der Waals surface area contributed by atoms with Crippen LogP contribution in [0, 0.1) is 11.7 Å². The van der Waals surface area contributed by atoms with Gasteiger partial charge in [0.2, 0.25) is 0 Å². The van der Waals surface area contributed by atoms with Crippen LogP contribution in [0.2, 0.25) is 0 Å². The number of hydrogen-bond donors (Lipinski definition) is 1. The highest BCUT2D eigenvalue weighted by molar-refractivity contribution is 5.81. The van der Waals surface area contributed by atoms with Gasteiger partial charge in [-0.2, -0.15) is 0 Å². The molecule has 2 heterocycles. The fourth-order valence-electron chi connectivity index (χ4n) is 3.21. The van der Waals surface area contributed by atoms with E-state index < -0.39 is 6.10 Å². The monoisotopic (exact) mass is 372 g/mol. The highest BCUT2D eigenvalue weighted by atomic mass is 19.1. The molecule has 1 atom stereocenters. The van der Waals surface area contributed by atoms with Gasteiger partial charge in [0.15, 0.2) is 5.82 Å². The van der Waals surface area contributed by atoms with E-state index in [0.29, 0.717) is 49.8 Å². The van der Waals surface area contributed by atoms with Crippen LogP contribution in [-0.2, 0) is 4.79 Å². The second-order valence-corrected chi connectivity index (χ2v) is 7.18. The van der Waals surface area contributed by atoms with E-state index in [0.717, 1.165) is 0 Å². The summed E-state index contributed by atoms with van der Waals surface area (Å²) in [5.74, 6) is 0.750. The quantitative estimate of drug-likeness (QED) is 0.872. The first-order valence-electron chi connectivity index (χ1n) is 9.25. The number of nitrogens with zero attached hydrogens (tertiary/aromatic N) is 4. The number of aliphatic hydroxyl groups is 1. The van der Waals surface area contributed by atoms with Crippen molar-refractivity contribution < 1.29 is 14.3 Å². The summed E-state index contributed by atoms with van der Waals surface area (Å²) in [4.78, 5) is 24.8. The zero-order chi connectivity index (χ0) is 19.4. The molecule has 0 bridgehead atoms. The lowest BCUT2D eigenvalue weighted by molar-refractivity contribution is -0.141. The molecule has 0 saturated carbocycles. The Kier molecular flexibility index (Phi) is 6.01. The molecule has 1 N–H and O–H groups in total. The van der Waals surface area contributed by atoms with Crippen LogP contribution in [0.5, 0.6) is 0 Å². The van der Waals surface area contributed by atoms with Gasteiger partial charge < -0.3 is 14.9 Å². The fourth-order valence-corrected chi connectivity index (χ4v) is 3.21. The predicted octanol–water partition coefficient (Wildman–Crippen LogP) is 2.34. The smallest absolute Gasteiger partial charge is 0.251 e. The second kappa shape index (κ2) is 8.43. The summed E-state index contributed by atoms with van der Waals surface area (Å²) in [5.41, 5.74) is 0.366. The number of piperazine rings is 1. The molecule has 1 amide bonds. The Bertz CT molecular complexity index is 791. The Morgan fingerprint density at radius 3 is 2.56 bits per heavy atom. The number of rotatable bonds is 5. The summed E-state index contributed by atoms with van der Waals surface area (Å²) in [7, 11) is 0. The van der Waals surface area contributed by atoms with Gasteiger partial charge in [-0.3, -0.25) is 4.79 Å². The van der Waals surface area contributed by atoms with Crippen molar-refractivity contribution in [3.8, 4) is 11.4 Å². The van der Waals surface area contributed by atoms with Gasteiger partial charge in [0.1, 0.15) is 17.7 Å². The van der Waals surface area contributed by atoms with Gasteiger partial charge in [-0.1, -0.05) is 26.0 Å². The van der Waals surface area contributed by atoms with Gasteiger partial charge in [0, 0.05) is 32.4 Å². The van der Waals surface area contributed by atoms with Crippen LogP contribution in [0.4, 0.5) is 10.2 Å². The lowest BCUT2D eigenvalue weighted by atomic mass is 10.0. The van der Waals surface area contributed by atoms with Gasteiger partial charge in [-0.15, -0.1) is 0 Å². The molecule has 6 nitrogen and oxygen atoms in total. The first-order chi connectivity index (χ1) is 13.0. The molecule has 0 spiro atoms. The van der Waals surface area contributed by atoms with E-state index in [1.807, 2.05) is 18.7 Å². The van der Waals surface area contributed by atoms with Crippen LogP contribution in [0.1, 0.15) is 20.3 Å². The summed E-state index contributed by atoms with van der Waals surface area (Å²) >= 11 is 0. The average molecular weight is 372 g/mol. The largest absolute Gasteiger partial charge is 0.383 e. The summed E-state index contributed by atoms with van der Waals surface area (Å²) in [6.45, 7) is 6.22. The molecular weight excluding hydrogens is 347 g/mol. The van der Waals surface area contributed by atoms with Crippen molar-refractivity contribution in [1.82, 2.24) is 14.9 Å². The Morgan fingerprint density at radius 2 is 1.89 bits per heavy atom. The molecule has 1 aliphatic heterocycles. The zero-order valence-corrected chi connectivity index (χ0v) is 15.7. The molecule has 0 aliphatic carbocycles. The van der Waals surface area contributed by atoms with Crippen LogP contribution in [-0.4, -0.2) is 58.2 Å². The third-order valence-electron chi connectivity index (χ3n) is 4.65. The van der Waals surface area contributed by atoms with Crippen molar-refractivity contribution in [2.75, 3.05) is 31.1 Å². The van der Waals surface area contributed by atoms with E-state index in [1.54, 1.807) is 35.4 Å². The molecule has 7 heteroatoms. The molecule has 0 radical (unpaired) electrons. The van der Waals surface area contributed by atoms with Crippen LogP contribution >= 0.6 is 0 Å². The van der Waals surface area contributed by atoms with Crippen molar-refractivity contribution in [3.05, 3.63) is 42.3 Å². The summed E-state index contributed by atoms with van der Waals surface area (Å²) in [5, 5.41) is 10.1. The average Bonchev–Trinajstić information content (AvgIpc) is 2.67. The number of benzene rings is 1. The molecular formula is C20H25FN4O2. The van der Waals surface area contributed by atoms with Crippen molar-refractivity contribution in [3.63, 3.8) is 0 Å². The lowest BCUT2D eigenvalue weighted by Gasteiger charge is -2.36. The number of anilines is 1. The fraction of sp³-hybridized carbons (Fsp3) is 0.450. The first-order valence-corrected chi connectivity index (χ1v) is 9.25. The van der Waals surface area contributed by atoms with E-state index in [-0.39, 0.29) is 17.6 Å². The molecule has 3 rings (SSSR count). The van der Waals surface area contributed by atoms with Gasteiger partial charge in [-0.25, -0.2) is 14.4 Å². The van der Waals surface area contributed by atoms with Gasteiger partial charge >= 0.3 is 0 Å². The Morgan fingerprint density at radius 1 is 1.19 bits per heavy atom. The number of aliphatic hydroxyl groups excluding tert-OH is 1. The van der Waals surface area contributed by atoms with Crippen LogP contribution < -0.4 is 4.90 Å². The van der Waals surface area contributed by atoms with Crippen LogP contribution in [0.3, 0.4) is 0 Å². The van der Waals surface area contributed by atoms with Gasteiger partial charge in [0.05, 0.1) is 5.56 Å². The summed E-state index contributed by atoms with van der Waals surface area (Å²) < 4.78 is 14.0. The third kappa shape index (κ3) is 4.60. The number of amides is 1. The molecule has 2 aromatic rings. The molecule has 1 aromatic heterocycles. The highest BCUT2D eigenvalue weighted by Crippen LogP contribution is 2.22. The molecule has 144 valence electrons. The van der Waals surface area contributed by atoms with Crippen LogP contribution in [0.15, 0.2) is 36.5 Å². The van der Waals surface area contributed by atoms with Crippen LogP contribution in [0.25, 0.3) is 11.4 Å². The Balaban J connectivity index is 1.66. The number of aromatic nitrogens is 2. The number of carbonyl (C=O) groups is 1. The number of carbonyl (C=O) groups excluding carboxylic acids is 1. The molecule has 1 aliphatic rings. The SMILES string of the molecule is CC(C)CC(O)C(=O)N1CCN(c2ccnc(-c3ccccc3F)n2)CC1. The minimum Gasteiger partial charge on any atom is -0.383 e. The standard InChI is InChI=1S/C20H25FN4O2/c1-14(2)13-17(26)20(27)25-11-9-24(10-12-25)18-7-8-22-19(23-18)15-5-3-4-6-16(15)21/h3-8,14,17,26H,9-13H2,1-2H3. The van der Waals surface area contributed by atoms with Gasteiger partial charge in [0.25, 0.3) is 5.91 Å². The molecule has 1 fully saturated rings. The summed E-state index contributed by atoms with van der Waals surface area (Å²) in [6.07, 6.45) is 1.15. The zero-order valence-electron chi connectivity index (χ0n) is 15.7. The van der Waals surface area contributed by atoms with Gasteiger partial charge in [-0.05, 0) is 30.5 Å². The minimum atomic E-state index is -0.941. The van der Waals surface area contributed by atoms with Crippen molar-refractivity contribution in [1.29, 1.82) is 0 Å². The lowest BCUT2D eigenvalue weighted by Crippen LogP contribution is -2.51. The summed E-state index contributed by atoms with van der Waals surface area (Å²) in [6, 6.07) is 8.21. The Labute approximate surface area is 158 Å². The van der Waals surface area contributed by atoms with Crippen molar-refractivity contribution in [2.24, 2.45) is 5.92 Å². The normalized spacial score (nSPS) is 15.9. The van der Waals surface area contributed by atoms with Crippen molar-refractivity contribution >= 4 is 11.7 Å². The van der Waals surface area contributed by atoms with E-state index in [1.165, 1.54) is 6.07 Å². The molecule has 1 saturated heterocycles. The molecule has 1 unspecified atom stereocenters. The minimum absolute atomic E-state index is 0.210. The van der Waals surface area contributed by atoms with E-state index >= 15 is 0 Å². The number of hydrogen-bond acceptors (Lipinski definition) is 5. The van der Waals surface area contributed by atoms with E-state index in [2.05, 4.69) is 9.97 Å². The van der Waals surface area contributed by atoms with E-state index in [9.17, 15) is 14.3 Å². The third-order valence-corrected chi connectivity index (χ3v) is 4.65.